The van der Waals surface area contributed by atoms with Crippen molar-refractivity contribution in [1.82, 2.24) is 5.32 Å². The Kier molecular flexibility index (Phi) is 6.26. The number of nitrogens with zero attached hydrogens (tertiary/aromatic N) is 1. The lowest BCUT2D eigenvalue weighted by molar-refractivity contribution is 0.0936. The first-order valence-electron chi connectivity index (χ1n) is 8.25. The molecule has 2 rings (SSSR count). The molecule has 26 heavy (non-hydrogen) atoms. The van der Waals surface area contributed by atoms with Crippen LogP contribution < -0.4 is 14.4 Å². The number of hydrogen-bond acceptors (Lipinski definition) is 4. The number of ether oxygens (including phenoxy) is 1. The Hall–Kier alpha value is -2.54. The van der Waals surface area contributed by atoms with Gasteiger partial charge in [0, 0.05) is 7.05 Å². The number of anilines is 1. The molecule has 6 nitrogen and oxygen atoms in total. The van der Waals surface area contributed by atoms with E-state index in [0.29, 0.717) is 17.7 Å². The summed E-state index contributed by atoms with van der Waals surface area (Å²) in [5.41, 5.74) is 1.61. The molecule has 0 aromatic heterocycles. The minimum atomic E-state index is -3.47. The minimum absolute atomic E-state index is 0.190. The third-order valence-electron chi connectivity index (χ3n) is 4.22. The summed E-state index contributed by atoms with van der Waals surface area (Å²) in [5, 5.41) is 2.98. The Morgan fingerprint density at radius 2 is 1.77 bits per heavy atom. The molecule has 0 aliphatic rings. The number of para-hydroxylation sites is 1. The molecule has 0 fully saturated rings. The average molecular weight is 376 g/mol. The number of sulfonamides is 1. The van der Waals surface area contributed by atoms with Crippen LogP contribution in [0.3, 0.4) is 0 Å². The van der Waals surface area contributed by atoms with Gasteiger partial charge in [0.25, 0.3) is 5.91 Å². The predicted octanol–water partition coefficient (Wildman–Crippen LogP) is 2.97. The molecule has 0 aliphatic heterocycles. The Morgan fingerprint density at radius 3 is 2.31 bits per heavy atom. The molecular formula is C19H24N2O4S. The molecule has 0 unspecified atom stereocenters. The van der Waals surface area contributed by atoms with Crippen LogP contribution in [-0.2, 0) is 10.0 Å². The molecule has 0 saturated carbocycles. The lowest BCUT2D eigenvalue weighted by atomic mass is 10.0. The summed E-state index contributed by atoms with van der Waals surface area (Å²) in [7, 11) is -0.433. The summed E-state index contributed by atoms with van der Waals surface area (Å²) < 4.78 is 30.0. The number of amides is 1. The first kappa shape index (κ1) is 19.8. The maximum atomic E-state index is 12.8. The number of methoxy groups -OCH3 is 1. The van der Waals surface area contributed by atoms with Crippen LogP contribution in [0.25, 0.3) is 0 Å². The van der Waals surface area contributed by atoms with Gasteiger partial charge in [0.15, 0.2) is 0 Å². The largest absolute Gasteiger partial charge is 0.497 e. The fourth-order valence-corrected chi connectivity index (χ4v) is 3.13. The van der Waals surface area contributed by atoms with Crippen LogP contribution in [0.4, 0.5) is 5.69 Å². The van der Waals surface area contributed by atoms with Gasteiger partial charge in [-0.3, -0.25) is 9.10 Å². The van der Waals surface area contributed by atoms with Gasteiger partial charge >= 0.3 is 0 Å². The van der Waals surface area contributed by atoms with Gasteiger partial charge < -0.3 is 10.1 Å². The summed E-state index contributed by atoms with van der Waals surface area (Å²) in [6.07, 6.45) is 1.80. The van der Waals surface area contributed by atoms with Crippen LogP contribution in [0.2, 0.25) is 0 Å². The molecule has 2 aromatic carbocycles. The smallest absolute Gasteiger partial charge is 0.253 e. The molecule has 0 spiro atoms. The topological polar surface area (TPSA) is 75.7 Å². The highest BCUT2D eigenvalue weighted by Gasteiger charge is 2.21. The van der Waals surface area contributed by atoms with Gasteiger partial charge in [-0.2, -0.15) is 0 Å². The standard InChI is InChI=1S/C19H24N2O4S/c1-5-17(14-10-12-15(25-3)13-11-14)20-19(22)16-8-6-7-9-18(16)21(2)26(4,23)24/h6-13,17H,5H2,1-4H3,(H,20,22)/t17-/m0/s1. The fraction of sp³-hybridized carbons (Fsp3) is 0.316. The second-order valence-corrected chi connectivity index (χ2v) is 7.97. The third kappa shape index (κ3) is 4.54. The van der Waals surface area contributed by atoms with Crippen molar-refractivity contribution in [1.29, 1.82) is 0 Å². The summed E-state index contributed by atoms with van der Waals surface area (Å²) in [5.74, 6) is 0.425. The second-order valence-electron chi connectivity index (χ2n) is 5.96. The Balaban J connectivity index is 2.28. The minimum Gasteiger partial charge on any atom is -0.497 e. The number of hydrogen-bond donors (Lipinski definition) is 1. The van der Waals surface area contributed by atoms with Crippen LogP contribution in [0.1, 0.15) is 35.3 Å². The van der Waals surface area contributed by atoms with Crippen LogP contribution in [0.5, 0.6) is 5.75 Å². The van der Waals surface area contributed by atoms with Crippen molar-refractivity contribution in [2.45, 2.75) is 19.4 Å². The van der Waals surface area contributed by atoms with Crippen LogP contribution in [0, 0.1) is 0 Å². The highest BCUT2D eigenvalue weighted by Crippen LogP contribution is 2.24. The lowest BCUT2D eigenvalue weighted by Gasteiger charge is -2.22. The van der Waals surface area contributed by atoms with E-state index in [1.165, 1.54) is 7.05 Å². The van der Waals surface area contributed by atoms with Crippen molar-refractivity contribution in [3.05, 3.63) is 59.7 Å². The highest BCUT2D eigenvalue weighted by atomic mass is 32.2. The molecule has 0 heterocycles. The molecule has 1 amide bonds. The Labute approximate surface area is 154 Å². The molecule has 0 radical (unpaired) electrons. The zero-order chi connectivity index (χ0) is 19.3. The first-order valence-corrected chi connectivity index (χ1v) is 10.1. The van der Waals surface area contributed by atoms with E-state index < -0.39 is 10.0 Å². The number of carbonyl (C=O) groups excluding carboxylic acids is 1. The maximum Gasteiger partial charge on any atom is 0.253 e. The van der Waals surface area contributed by atoms with Crippen molar-refractivity contribution in [3.63, 3.8) is 0 Å². The van der Waals surface area contributed by atoms with E-state index in [-0.39, 0.29) is 11.9 Å². The van der Waals surface area contributed by atoms with E-state index in [2.05, 4.69) is 5.32 Å². The van der Waals surface area contributed by atoms with Crippen molar-refractivity contribution < 1.29 is 17.9 Å². The van der Waals surface area contributed by atoms with Gasteiger partial charge in [0.05, 0.1) is 30.7 Å². The van der Waals surface area contributed by atoms with Gasteiger partial charge in [-0.15, -0.1) is 0 Å². The van der Waals surface area contributed by atoms with E-state index in [1.54, 1.807) is 31.4 Å². The van der Waals surface area contributed by atoms with Crippen LogP contribution in [-0.4, -0.2) is 34.7 Å². The van der Waals surface area contributed by atoms with Crippen molar-refractivity contribution in [3.8, 4) is 5.75 Å². The van der Waals surface area contributed by atoms with Crippen LogP contribution in [0.15, 0.2) is 48.5 Å². The molecule has 7 heteroatoms. The number of benzene rings is 2. The van der Waals surface area contributed by atoms with Crippen molar-refractivity contribution in [2.24, 2.45) is 0 Å². The Bertz CT molecular complexity index is 863. The molecule has 140 valence electrons. The van der Waals surface area contributed by atoms with Gasteiger partial charge in [-0.05, 0) is 36.2 Å². The molecule has 2 aromatic rings. The average Bonchev–Trinajstić information content (AvgIpc) is 2.64. The zero-order valence-corrected chi connectivity index (χ0v) is 16.2. The fourth-order valence-electron chi connectivity index (χ4n) is 2.61. The second kappa shape index (κ2) is 8.23. The SMILES string of the molecule is CC[C@H](NC(=O)c1ccccc1N(C)S(C)(=O)=O)c1ccc(OC)cc1. The van der Waals surface area contributed by atoms with Gasteiger partial charge in [0.1, 0.15) is 5.75 Å². The zero-order valence-electron chi connectivity index (χ0n) is 15.4. The summed E-state index contributed by atoms with van der Waals surface area (Å²) in [6, 6.07) is 14.0. The maximum absolute atomic E-state index is 12.8. The normalized spacial score (nSPS) is 12.3. The van der Waals surface area contributed by atoms with Gasteiger partial charge in [-0.25, -0.2) is 8.42 Å². The van der Waals surface area contributed by atoms with E-state index in [0.717, 1.165) is 21.9 Å². The number of carbonyl (C=O) groups is 1. The monoisotopic (exact) mass is 376 g/mol. The van der Waals surface area contributed by atoms with Gasteiger partial charge in [-0.1, -0.05) is 31.2 Å². The number of nitrogens with one attached hydrogen (secondary N) is 1. The third-order valence-corrected chi connectivity index (χ3v) is 5.41. The quantitative estimate of drug-likeness (QED) is 0.806. The van der Waals surface area contributed by atoms with Crippen molar-refractivity contribution >= 4 is 21.6 Å². The molecule has 1 atom stereocenters. The van der Waals surface area contributed by atoms with E-state index in [9.17, 15) is 13.2 Å². The Morgan fingerprint density at radius 1 is 1.15 bits per heavy atom. The van der Waals surface area contributed by atoms with E-state index >= 15 is 0 Å². The number of rotatable bonds is 7. The molecule has 0 saturated heterocycles. The summed E-state index contributed by atoms with van der Waals surface area (Å²) >= 11 is 0. The molecule has 1 N–H and O–H groups in total. The van der Waals surface area contributed by atoms with Crippen molar-refractivity contribution in [2.75, 3.05) is 24.7 Å². The summed E-state index contributed by atoms with van der Waals surface area (Å²) in [4.78, 5) is 12.8. The van der Waals surface area contributed by atoms with E-state index in [4.69, 9.17) is 4.74 Å². The summed E-state index contributed by atoms with van der Waals surface area (Å²) in [6.45, 7) is 1.98. The predicted molar refractivity (Wildman–Crippen MR) is 103 cm³/mol. The molecule has 0 bridgehead atoms. The lowest BCUT2D eigenvalue weighted by Crippen LogP contribution is -2.32. The highest BCUT2D eigenvalue weighted by molar-refractivity contribution is 7.92. The molecule has 0 aliphatic carbocycles. The van der Waals surface area contributed by atoms with E-state index in [1.807, 2.05) is 31.2 Å². The van der Waals surface area contributed by atoms with Gasteiger partial charge in [0.2, 0.25) is 10.0 Å². The molecular weight excluding hydrogens is 352 g/mol. The first-order chi connectivity index (χ1) is 12.3. The van der Waals surface area contributed by atoms with Crippen LogP contribution >= 0.6 is 0 Å².